The molecule has 5 heteroatoms. The Morgan fingerprint density at radius 1 is 1.40 bits per heavy atom. The fourth-order valence-corrected chi connectivity index (χ4v) is 2.04. The third-order valence-corrected chi connectivity index (χ3v) is 3.20. The highest BCUT2D eigenvalue weighted by Crippen LogP contribution is 2.16. The zero-order chi connectivity index (χ0) is 14.5. The Hall–Kier alpha value is -1.39. The summed E-state index contributed by atoms with van der Waals surface area (Å²) in [5.74, 6) is 0.234. The fourth-order valence-electron chi connectivity index (χ4n) is 1.92. The molecule has 0 aliphatic carbocycles. The van der Waals surface area contributed by atoms with E-state index in [1.165, 1.54) is 6.07 Å². The van der Waals surface area contributed by atoms with E-state index in [-0.39, 0.29) is 10.8 Å². The lowest BCUT2D eigenvalue weighted by Gasteiger charge is -2.05. The lowest BCUT2D eigenvalue weighted by molar-refractivity contribution is 0.548. The van der Waals surface area contributed by atoms with Gasteiger partial charge in [0.25, 0.3) is 0 Å². The van der Waals surface area contributed by atoms with Crippen LogP contribution in [0.3, 0.4) is 0 Å². The third-order valence-electron chi connectivity index (χ3n) is 2.89. The Morgan fingerprint density at radius 3 is 2.90 bits per heavy atom. The maximum atomic E-state index is 13.4. The quantitative estimate of drug-likeness (QED) is 0.884. The van der Waals surface area contributed by atoms with E-state index in [1.807, 2.05) is 16.8 Å². The van der Waals surface area contributed by atoms with Gasteiger partial charge in [0.2, 0.25) is 0 Å². The lowest BCUT2D eigenvalue weighted by atomic mass is 10.2. The summed E-state index contributed by atoms with van der Waals surface area (Å²) in [6.07, 6.45) is 3.73. The summed E-state index contributed by atoms with van der Waals surface area (Å²) in [6.45, 7) is 6.64. The van der Waals surface area contributed by atoms with Gasteiger partial charge in [-0.3, -0.25) is 0 Å². The summed E-state index contributed by atoms with van der Waals surface area (Å²) in [5, 5.41) is 3.49. The van der Waals surface area contributed by atoms with Crippen LogP contribution in [0, 0.1) is 11.7 Å². The van der Waals surface area contributed by atoms with Crippen molar-refractivity contribution in [3.05, 3.63) is 52.8 Å². The van der Waals surface area contributed by atoms with Crippen molar-refractivity contribution in [2.75, 3.05) is 6.54 Å². The zero-order valence-electron chi connectivity index (χ0n) is 11.7. The standard InChI is InChI=1S/C15H19ClFN3/c1-11(2)6-18-7-13-9-20(10-19-13)8-12-3-4-14(16)15(17)5-12/h3-5,9-11,18H,6-8H2,1-2H3. The molecule has 0 bridgehead atoms. The number of hydrogen-bond acceptors (Lipinski definition) is 2. The van der Waals surface area contributed by atoms with E-state index in [9.17, 15) is 4.39 Å². The van der Waals surface area contributed by atoms with Crippen molar-refractivity contribution in [3.63, 3.8) is 0 Å². The van der Waals surface area contributed by atoms with Crippen molar-refractivity contribution in [2.45, 2.75) is 26.9 Å². The molecule has 0 unspecified atom stereocenters. The van der Waals surface area contributed by atoms with Crippen molar-refractivity contribution in [1.82, 2.24) is 14.9 Å². The van der Waals surface area contributed by atoms with Crippen LogP contribution in [-0.4, -0.2) is 16.1 Å². The van der Waals surface area contributed by atoms with Crippen molar-refractivity contribution < 1.29 is 4.39 Å². The molecule has 0 amide bonds. The Labute approximate surface area is 123 Å². The summed E-state index contributed by atoms with van der Waals surface area (Å²) in [7, 11) is 0. The molecular formula is C15H19ClFN3. The minimum atomic E-state index is -0.386. The molecule has 20 heavy (non-hydrogen) atoms. The number of halogens is 2. The van der Waals surface area contributed by atoms with Crippen LogP contribution in [0.4, 0.5) is 4.39 Å². The van der Waals surface area contributed by atoms with E-state index in [4.69, 9.17) is 11.6 Å². The van der Waals surface area contributed by atoms with Crippen LogP contribution in [0.25, 0.3) is 0 Å². The highest BCUT2D eigenvalue weighted by atomic mass is 35.5. The summed E-state index contributed by atoms with van der Waals surface area (Å²) in [6, 6.07) is 4.86. The Morgan fingerprint density at radius 2 is 2.20 bits per heavy atom. The van der Waals surface area contributed by atoms with Gasteiger partial charge in [0.1, 0.15) is 5.82 Å². The molecule has 1 heterocycles. The number of nitrogens with one attached hydrogen (secondary N) is 1. The van der Waals surface area contributed by atoms with E-state index < -0.39 is 0 Å². The second kappa shape index (κ2) is 6.86. The van der Waals surface area contributed by atoms with Crippen LogP contribution in [0.2, 0.25) is 5.02 Å². The van der Waals surface area contributed by atoms with Crippen molar-refractivity contribution in [3.8, 4) is 0 Å². The lowest BCUT2D eigenvalue weighted by Crippen LogP contribution is -2.19. The molecular weight excluding hydrogens is 277 g/mol. The molecule has 0 aliphatic rings. The second-order valence-corrected chi connectivity index (χ2v) is 5.72. The molecule has 0 saturated heterocycles. The van der Waals surface area contributed by atoms with Gasteiger partial charge in [-0.2, -0.15) is 0 Å². The van der Waals surface area contributed by atoms with Gasteiger partial charge >= 0.3 is 0 Å². The summed E-state index contributed by atoms with van der Waals surface area (Å²) in [5.41, 5.74) is 1.85. The second-order valence-electron chi connectivity index (χ2n) is 5.31. The number of imidazole rings is 1. The molecule has 0 radical (unpaired) electrons. The van der Waals surface area contributed by atoms with Gasteiger partial charge in [-0.05, 0) is 30.2 Å². The molecule has 1 N–H and O–H groups in total. The summed E-state index contributed by atoms with van der Waals surface area (Å²) >= 11 is 5.67. The normalized spacial score (nSPS) is 11.2. The topological polar surface area (TPSA) is 29.9 Å². The zero-order valence-corrected chi connectivity index (χ0v) is 12.5. The predicted molar refractivity (Wildman–Crippen MR) is 79.3 cm³/mol. The smallest absolute Gasteiger partial charge is 0.142 e. The third kappa shape index (κ3) is 4.32. The van der Waals surface area contributed by atoms with Gasteiger partial charge in [0, 0.05) is 19.3 Å². The van der Waals surface area contributed by atoms with Crippen molar-refractivity contribution >= 4 is 11.6 Å². The average molecular weight is 296 g/mol. The monoisotopic (exact) mass is 295 g/mol. The van der Waals surface area contributed by atoms with E-state index in [1.54, 1.807) is 12.4 Å². The highest BCUT2D eigenvalue weighted by molar-refractivity contribution is 6.30. The van der Waals surface area contributed by atoms with E-state index in [0.717, 1.165) is 24.3 Å². The minimum absolute atomic E-state index is 0.151. The molecule has 1 aromatic heterocycles. The van der Waals surface area contributed by atoms with E-state index in [2.05, 4.69) is 24.1 Å². The molecule has 108 valence electrons. The maximum absolute atomic E-state index is 13.4. The van der Waals surface area contributed by atoms with Gasteiger partial charge in [-0.15, -0.1) is 0 Å². The first-order chi connectivity index (χ1) is 9.54. The van der Waals surface area contributed by atoms with Crippen LogP contribution in [0.5, 0.6) is 0 Å². The number of nitrogens with zero attached hydrogens (tertiary/aromatic N) is 2. The number of benzene rings is 1. The van der Waals surface area contributed by atoms with Crippen LogP contribution in [0.1, 0.15) is 25.1 Å². The van der Waals surface area contributed by atoms with Gasteiger partial charge in [-0.1, -0.05) is 31.5 Å². The first-order valence-corrected chi connectivity index (χ1v) is 7.07. The molecule has 0 aliphatic heterocycles. The minimum Gasteiger partial charge on any atom is -0.333 e. The highest BCUT2D eigenvalue weighted by Gasteiger charge is 2.03. The SMILES string of the molecule is CC(C)CNCc1cn(Cc2ccc(Cl)c(F)c2)cn1. The van der Waals surface area contributed by atoms with E-state index >= 15 is 0 Å². The van der Waals surface area contributed by atoms with Crippen LogP contribution in [0.15, 0.2) is 30.7 Å². The molecule has 0 saturated carbocycles. The first kappa shape index (κ1) is 15.0. The number of hydrogen-bond donors (Lipinski definition) is 1. The van der Waals surface area contributed by atoms with Gasteiger partial charge in [0.15, 0.2) is 0 Å². The molecule has 0 spiro atoms. The number of aromatic nitrogens is 2. The molecule has 2 aromatic rings. The van der Waals surface area contributed by atoms with Gasteiger partial charge in [0.05, 0.1) is 17.0 Å². The van der Waals surface area contributed by atoms with Crippen molar-refractivity contribution in [2.24, 2.45) is 5.92 Å². The predicted octanol–water partition coefficient (Wildman–Crippen LogP) is 3.47. The maximum Gasteiger partial charge on any atom is 0.142 e. The van der Waals surface area contributed by atoms with E-state index in [0.29, 0.717) is 12.5 Å². The Kier molecular flexibility index (Phi) is 5.15. The summed E-state index contributed by atoms with van der Waals surface area (Å²) in [4.78, 5) is 4.33. The van der Waals surface area contributed by atoms with Gasteiger partial charge in [-0.25, -0.2) is 9.37 Å². The number of rotatable bonds is 6. The summed E-state index contributed by atoms with van der Waals surface area (Å²) < 4.78 is 15.3. The van der Waals surface area contributed by atoms with Crippen LogP contribution < -0.4 is 5.32 Å². The largest absolute Gasteiger partial charge is 0.333 e. The first-order valence-electron chi connectivity index (χ1n) is 6.70. The molecule has 0 atom stereocenters. The molecule has 2 rings (SSSR count). The Balaban J connectivity index is 1.93. The van der Waals surface area contributed by atoms with Gasteiger partial charge < -0.3 is 9.88 Å². The molecule has 0 fully saturated rings. The fraction of sp³-hybridized carbons (Fsp3) is 0.400. The average Bonchev–Trinajstić information content (AvgIpc) is 2.81. The van der Waals surface area contributed by atoms with Crippen molar-refractivity contribution in [1.29, 1.82) is 0 Å². The van der Waals surface area contributed by atoms with Crippen LogP contribution in [-0.2, 0) is 13.1 Å². The Bertz CT molecular complexity index is 566. The molecule has 3 nitrogen and oxygen atoms in total. The molecule has 1 aromatic carbocycles. The van der Waals surface area contributed by atoms with Crippen LogP contribution >= 0.6 is 11.6 Å².